The van der Waals surface area contributed by atoms with Crippen LogP contribution in [0.5, 0.6) is 0 Å². The molecule has 3 rings (SSSR count). The van der Waals surface area contributed by atoms with Crippen LogP contribution in [-0.4, -0.2) is 30.6 Å². The Hall–Kier alpha value is -1.64. The van der Waals surface area contributed by atoms with Crippen molar-refractivity contribution in [3.63, 3.8) is 0 Å². The lowest BCUT2D eigenvalue weighted by atomic mass is 9.88. The molecule has 0 unspecified atom stereocenters. The van der Waals surface area contributed by atoms with E-state index in [1.54, 1.807) is 0 Å². The number of rotatable bonds is 5. The van der Waals surface area contributed by atoms with Gasteiger partial charge in [-0.3, -0.25) is 0 Å². The van der Waals surface area contributed by atoms with Crippen LogP contribution in [0.1, 0.15) is 29.9 Å². The maximum atomic E-state index is 6.01. The molecule has 2 heteroatoms. The van der Waals surface area contributed by atoms with Gasteiger partial charge in [-0.05, 0) is 37.1 Å². The van der Waals surface area contributed by atoms with Crippen LogP contribution >= 0.6 is 0 Å². The standard InChI is InChI=1S/C19H24N2/c20-18-11-13-21(15-18)14-12-19(16-7-3-1-4-8-16)17-9-5-2-6-10-17/h1-10,18-19H,11-15,20H2/t18-/m0/s1. The minimum atomic E-state index is 0.372. The van der Waals surface area contributed by atoms with Crippen molar-refractivity contribution in [3.05, 3.63) is 71.8 Å². The highest BCUT2D eigenvalue weighted by Crippen LogP contribution is 2.28. The lowest BCUT2D eigenvalue weighted by Gasteiger charge is -2.22. The van der Waals surface area contributed by atoms with Crippen molar-refractivity contribution >= 4 is 0 Å². The average molecular weight is 280 g/mol. The third-order valence-corrected chi connectivity index (χ3v) is 4.45. The van der Waals surface area contributed by atoms with Crippen molar-refractivity contribution in [1.29, 1.82) is 0 Å². The van der Waals surface area contributed by atoms with E-state index in [2.05, 4.69) is 65.6 Å². The molecule has 1 saturated heterocycles. The van der Waals surface area contributed by atoms with Gasteiger partial charge in [0.25, 0.3) is 0 Å². The van der Waals surface area contributed by atoms with Gasteiger partial charge in [-0.15, -0.1) is 0 Å². The molecule has 0 spiro atoms. The summed E-state index contributed by atoms with van der Waals surface area (Å²) in [5.41, 5.74) is 8.83. The molecule has 0 amide bonds. The Morgan fingerprint density at radius 3 is 2.00 bits per heavy atom. The minimum Gasteiger partial charge on any atom is -0.326 e. The van der Waals surface area contributed by atoms with Crippen LogP contribution in [0.3, 0.4) is 0 Å². The number of hydrogen-bond donors (Lipinski definition) is 1. The lowest BCUT2D eigenvalue weighted by Crippen LogP contribution is -2.28. The second-order valence-corrected chi connectivity index (χ2v) is 6.01. The first kappa shape index (κ1) is 14.3. The predicted molar refractivity (Wildman–Crippen MR) is 88.4 cm³/mol. The zero-order chi connectivity index (χ0) is 14.5. The van der Waals surface area contributed by atoms with E-state index in [1.165, 1.54) is 11.1 Å². The number of nitrogens with zero attached hydrogens (tertiary/aromatic N) is 1. The summed E-state index contributed by atoms with van der Waals surface area (Å²) in [6, 6.07) is 22.1. The van der Waals surface area contributed by atoms with Gasteiger partial charge >= 0.3 is 0 Å². The summed E-state index contributed by atoms with van der Waals surface area (Å²) in [7, 11) is 0. The molecule has 2 aromatic carbocycles. The second kappa shape index (κ2) is 6.88. The summed E-state index contributed by atoms with van der Waals surface area (Å²) < 4.78 is 0. The molecule has 21 heavy (non-hydrogen) atoms. The van der Waals surface area contributed by atoms with Gasteiger partial charge in [0.2, 0.25) is 0 Å². The van der Waals surface area contributed by atoms with Crippen molar-refractivity contribution < 1.29 is 0 Å². The van der Waals surface area contributed by atoms with Crippen molar-refractivity contribution in [2.75, 3.05) is 19.6 Å². The molecule has 1 aliphatic rings. The smallest absolute Gasteiger partial charge is 0.0180 e. The molecule has 1 heterocycles. The third kappa shape index (κ3) is 3.72. The van der Waals surface area contributed by atoms with Gasteiger partial charge < -0.3 is 10.6 Å². The van der Waals surface area contributed by atoms with Gasteiger partial charge in [-0.25, -0.2) is 0 Å². The molecule has 0 aromatic heterocycles. The van der Waals surface area contributed by atoms with E-state index >= 15 is 0 Å². The van der Waals surface area contributed by atoms with Gasteiger partial charge in [0, 0.05) is 18.5 Å². The molecule has 110 valence electrons. The Morgan fingerprint density at radius 2 is 1.52 bits per heavy atom. The monoisotopic (exact) mass is 280 g/mol. The molecule has 1 fully saturated rings. The maximum Gasteiger partial charge on any atom is 0.0180 e. The molecule has 1 aliphatic heterocycles. The van der Waals surface area contributed by atoms with Crippen LogP contribution in [0.15, 0.2) is 60.7 Å². The normalized spacial score (nSPS) is 19.2. The van der Waals surface area contributed by atoms with Gasteiger partial charge in [0.15, 0.2) is 0 Å². The fourth-order valence-corrected chi connectivity index (χ4v) is 3.27. The fraction of sp³-hybridized carbons (Fsp3) is 0.368. The topological polar surface area (TPSA) is 29.3 Å². The van der Waals surface area contributed by atoms with Gasteiger partial charge in [0.05, 0.1) is 0 Å². The summed E-state index contributed by atoms with van der Waals surface area (Å²) in [4.78, 5) is 2.50. The van der Waals surface area contributed by atoms with Gasteiger partial charge in [-0.1, -0.05) is 60.7 Å². The first-order valence-corrected chi connectivity index (χ1v) is 7.91. The molecular formula is C19H24N2. The Labute approximate surface area is 127 Å². The summed E-state index contributed by atoms with van der Waals surface area (Å²) in [6.45, 7) is 3.33. The van der Waals surface area contributed by atoms with E-state index in [0.717, 1.165) is 32.5 Å². The molecule has 0 aliphatic carbocycles. The van der Waals surface area contributed by atoms with E-state index in [0.29, 0.717) is 12.0 Å². The van der Waals surface area contributed by atoms with Gasteiger partial charge in [0.1, 0.15) is 0 Å². The fourth-order valence-electron chi connectivity index (χ4n) is 3.27. The Bertz CT molecular complexity index is 499. The Morgan fingerprint density at radius 1 is 0.952 bits per heavy atom. The highest BCUT2D eigenvalue weighted by atomic mass is 15.2. The molecule has 0 radical (unpaired) electrons. The molecule has 2 N–H and O–H groups in total. The van der Waals surface area contributed by atoms with Crippen LogP contribution in [0, 0.1) is 0 Å². The summed E-state index contributed by atoms with van der Waals surface area (Å²) in [5, 5.41) is 0. The third-order valence-electron chi connectivity index (χ3n) is 4.45. The van der Waals surface area contributed by atoms with E-state index in [9.17, 15) is 0 Å². The predicted octanol–water partition coefficient (Wildman–Crippen LogP) is 3.24. The molecule has 2 nitrogen and oxygen atoms in total. The van der Waals surface area contributed by atoms with Crippen molar-refractivity contribution in [1.82, 2.24) is 4.90 Å². The summed E-state index contributed by atoms with van der Waals surface area (Å²) in [6.07, 6.45) is 2.29. The zero-order valence-electron chi connectivity index (χ0n) is 12.5. The van der Waals surface area contributed by atoms with E-state index < -0.39 is 0 Å². The average Bonchev–Trinajstić information content (AvgIpc) is 2.95. The molecule has 0 bridgehead atoms. The second-order valence-electron chi connectivity index (χ2n) is 6.01. The van der Waals surface area contributed by atoms with Crippen LogP contribution in [0.25, 0.3) is 0 Å². The zero-order valence-corrected chi connectivity index (χ0v) is 12.5. The molecular weight excluding hydrogens is 256 g/mol. The van der Waals surface area contributed by atoms with Gasteiger partial charge in [-0.2, -0.15) is 0 Å². The quantitative estimate of drug-likeness (QED) is 0.911. The van der Waals surface area contributed by atoms with Crippen LogP contribution in [0.4, 0.5) is 0 Å². The Balaban J connectivity index is 1.74. The minimum absolute atomic E-state index is 0.372. The number of hydrogen-bond acceptors (Lipinski definition) is 2. The number of nitrogens with two attached hydrogens (primary N) is 1. The van der Waals surface area contributed by atoms with Crippen LogP contribution in [0.2, 0.25) is 0 Å². The SMILES string of the molecule is N[C@H]1CCN(CCC(c2ccccc2)c2ccccc2)C1. The summed E-state index contributed by atoms with van der Waals surface area (Å²) >= 11 is 0. The maximum absolute atomic E-state index is 6.01. The molecule has 2 aromatic rings. The Kier molecular flexibility index (Phi) is 4.69. The number of likely N-dealkylation sites (tertiary alicyclic amines) is 1. The lowest BCUT2D eigenvalue weighted by molar-refractivity contribution is 0.323. The largest absolute Gasteiger partial charge is 0.326 e. The summed E-state index contributed by atoms with van der Waals surface area (Å²) in [5.74, 6) is 0.476. The van der Waals surface area contributed by atoms with Crippen LogP contribution in [-0.2, 0) is 0 Å². The van der Waals surface area contributed by atoms with Crippen molar-refractivity contribution in [2.24, 2.45) is 5.73 Å². The van der Waals surface area contributed by atoms with Crippen molar-refractivity contribution in [3.8, 4) is 0 Å². The van der Waals surface area contributed by atoms with E-state index in [4.69, 9.17) is 5.73 Å². The first-order chi connectivity index (χ1) is 10.3. The van der Waals surface area contributed by atoms with E-state index in [-0.39, 0.29) is 0 Å². The van der Waals surface area contributed by atoms with E-state index in [1.807, 2.05) is 0 Å². The molecule has 0 saturated carbocycles. The van der Waals surface area contributed by atoms with Crippen molar-refractivity contribution in [2.45, 2.75) is 24.8 Å². The molecule has 1 atom stereocenters. The highest BCUT2D eigenvalue weighted by molar-refractivity contribution is 5.32. The number of benzene rings is 2. The highest BCUT2D eigenvalue weighted by Gasteiger charge is 2.21. The van der Waals surface area contributed by atoms with Crippen LogP contribution < -0.4 is 5.73 Å². The first-order valence-electron chi connectivity index (χ1n) is 7.91.